The fourth-order valence-corrected chi connectivity index (χ4v) is 0.575. The molecule has 0 atom stereocenters. The van der Waals surface area contributed by atoms with E-state index in [2.05, 4.69) is 4.98 Å². The molecule has 8 nitrogen and oxygen atoms in total. The summed E-state index contributed by atoms with van der Waals surface area (Å²) in [6, 6.07) is 0. The number of imidazole rings is 1. The van der Waals surface area contributed by atoms with E-state index in [1.54, 1.807) is 23.3 Å². The third-order valence-electron chi connectivity index (χ3n) is 0.920. The van der Waals surface area contributed by atoms with Crippen molar-refractivity contribution >= 4 is 5.97 Å². The molecule has 1 aromatic rings. The average molecular weight is 189 g/mol. The number of carboxylic acids is 1. The standard InChI is InChI=1S/C5H6N2O2.NO3/c8-5(9)3-7-2-1-6-4-7;2-1(3)4/h1-2,4H,3H2,(H,8,9);/q;-1/p+1. The quantitative estimate of drug-likeness (QED) is 0.356. The van der Waals surface area contributed by atoms with Crippen molar-refractivity contribution in [1.29, 1.82) is 0 Å². The van der Waals surface area contributed by atoms with Gasteiger partial charge in [0.25, 0.3) is 0 Å². The van der Waals surface area contributed by atoms with Crippen molar-refractivity contribution in [2.24, 2.45) is 0 Å². The van der Waals surface area contributed by atoms with Gasteiger partial charge in [-0.25, -0.2) is 9.36 Å². The molecule has 2 N–H and O–H groups in total. The van der Waals surface area contributed by atoms with Gasteiger partial charge in [-0.15, -0.1) is 0 Å². The zero-order valence-electron chi connectivity index (χ0n) is 6.41. The lowest BCUT2D eigenvalue weighted by Crippen LogP contribution is -2.34. The zero-order chi connectivity index (χ0) is 10.3. The summed E-state index contributed by atoms with van der Waals surface area (Å²) in [5, 5.41) is 23.0. The Morgan fingerprint density at radius 3 is 2.46 bits per heavy atom. The highest BCUT2D eigenvalue weighted by molar-refractivity contribution is 5.64. The van der Waals surface area contributed by atoms with Crippen molar-refractivity contribution < 1.29 is 19.6 Å². The number of aromatic nitrogens is 2. The van der Waals surface area contributed by atoms with Gasteiger partial charge in [-0.2, -0.15) is 0 Å². The summed E-state index contributed by atoms with van der Waals surface area (Å²) in [7, 11) is 0. The summed E-state index contributed by atoms with van der Waals surface area (Å²) in [5.41, 5.74) is 0. The fraction of sp³-hybridized carbons (Fsp3) is 0.200. The largest absolute Gasteiger partial charge is 0.478 e. The molecule has 0 aliphatic rings. The molecule has 0 aliphatic carbocycles. The minimum atomic E-state index is -1.75. The van der Waals surface area contributed by atoms with Crippen LogP contribution >= 0.6 is 0 Å². The van der Waals surface area contributed by atoms with Gasteiger partial charge in [-0.1, -0.05) is 0 Å². The number of nitrogens with one attached hydrogen (secondary N) is 1. The van der Waals surface area contributed by atoms with E-state index in [0.717, 1.165) is 0 Å². The first-order chi connectivity index (χ1) is 6.02. The molecule has 0 bridgehead atoms. The molecule has 72 valence electrons. The summed E-state index contributed by atoms with van der Waals surface area (Å²) in [6.07, 6.45) is 4.92. The van der Waals surface area contributed by atoms with E-state index in [4.69, 9.17) is 20.4 Å². The van der Waals surface area contributed by atoms with Crippen LogP contribution in [0, 0.1) is 15.3 Å². The molecule has 0 aliphatic heterocycles. The third kappa shape index (κ3) is 7.78. The number of H-pyrrole nitrogens is 1. The molecule has 0 spiro atoms. The first-order valence-electron chi connectivity index (χ1n) is 3.07. The summed E-state index contributed by atoms with van der Waals surface area (Å²) in [6.45, 7) is 0.0174. The molecule has 8 heteroatoms. The van der Waals surface area contributed by atoms with Gasteiger partial charge in [-0.3, -0.25) is 4.98 Å². The number of hydrogen-bond acceptors (Lipinski definition) is 4. The second-order valence-corrected chi connectivity index (χ2v) is 1.90. The number of aromatic amines is 1. The third-order valence-corrected chi connectivity index (χ3v) is 0.920. The normalized spacial score (nSPS) is 8.31. The molecule has 0 aromatic carbocycles. The Morgan fingerprint density at radius 1 is 1.62 bits per heavy atom. The Kier molecular flexibility index (Phi) is 4.62. The molecule has 0 unspecified atom stereocenters. The second-order valence-electron chi connectivity index (χ2n) is 1.90. The maximum atomic E-state index is 10.0. The number of rotatable bonds is 2. The number of carboxylic acid groups (broad SMARTS) is 1. The van der Waals surface area contributed by atoms with Gasteiger partial charge in [0.15, 0.2) is 6.54 Å². The monoisotopic (exact) mass is 189 g/mol. The first kappa shape index (κ1) is 10.9. The van der Waals surface area contributed by atoms with Crippen molar-refractivity contribution in [3.05, 3.63) is 34.0 Å². The number of aliphatic carboxylic acids is 1. The van der Waals surface area contributed by atoms with Crippen LogP contribution in [0.4, 0.5) is 0 Å². The highest BCUT2D eigenvalue weighted by Gasteiger charge is 2.01. The number of nitrogens with zero attached hydrogens (tertiary/aromatic N) is 2. The van der Waals surface area contributed by atoms with Crippen LogP contribution < -0.4 is 4.57 Å². The van der Waals surface area contributed by atoms with E-state index in [9.17, 15) is 4.79 Å². The number of hydrogen-bond donors (Lipinski definition) is 2. The summed E-state index contributed by atoms with van der Waals surface area (Å²) in [5.74, 6) is -0.834. The van der Waals surface area contributed by atoms with Crippen molar-refractivity contribution in [3.63, 3.8) is 0 Å². The molecule has 1 aromatic heterocycles. The fourth-order valence-electron chi connectivity index (χ4n) is 0.575. The van der Waals surface area contributed by atoms with Crippen LogP contribution in [0.25, 0.3) is 0 Å². The maximum absolute atomic E-state index is 10.0. The van der Waals surface area contributed by atoms with Gasteiger partial charge in [0.05, 0.1) is 5.09 Å². The zero-order valence-corrected chi connectivity index (χ0v) is 6.41. The van der Waals surface area contributed by atoms with Crippen LogP contribution in [0.5, 0.6) is 0 Å². The first-order valence-corrected chi connectivity index (χ1v) is 3.07. The topological polar surface area (TPSA) is 123 Å². The lowest BCUT2D eigenvalue weighted by molar-refractivity contribution is -0.684. The maximum Gasteiger partial charge on any atom is 0.346 e. The van der Waals surface area contributed by atoms with E-state index >= 15 is 0 Å². The van der Waals surface area contributed by atoms with Crippen LogP contribution in [0.3, 0.4) is 0 Å². The Bertz CT molecular complexity index is 266. The van der Waals surface area contributed by atoms with Crippen LogP contribution in [0.2, 0.25) is 0 Å². The van der Waals surface area contributed by atoms with Gasteiger partial charge in [0, 0.05) is 0 Å². The van der Waals surface area contributed by atoms with E-state index in [1.807, 2.05) is 0 Å². The van der Waals surface area contributed by atoms with Gasteiger partial charge < -0.3 is 20.4 Å². The molecule has 0 saturated carbocycles. The molecule has 0 amide bonds. The van der Waals surface area contributed by atoms with Crippen molar-refractivity contribution in [2.45, 2.75) is 6.54 Å². The van der Waals surface area contributed by atoms with Crippen LogP contribution in [0.1, 0.15) is 0 Å². The summed E-state index contributed by atoms with van der Waals surface area (Å²) < 4.78 is 1.54. The van der Waals surface area contributed by atoms with Gasteiger partial charge in [0.1, 0.15) is 12.4 Å². The van der Waals surface area contributed by atoms with E-state index in [0.29, 0.717) is 0 Å². The van der Waals surface area contributed by atoms with E-state index < -0.39 is 11.1 Å². The van der Waals surface area contributed by atoms with Crippen LogP contribution in [-0.4, -0.2) is 21.1 Å². The molecule has 0 fully saturated rings. The molecule has 1 rings (SSSR count). The summed E-state index contributed by atoms with van der Waals surface area (Å²) >= 11 is 0. The minimum absolute atomic E-state index is 0.0174. The smallest absolute Gasteiger partial charge is 0.346 e. The van der Waals surface area contributed by atoms with E-state index in [-0.39, 0.29) is 6.54 Å². The minimum Gasteiger partial charge on any atom is -0.478 e. The second kappa shape index (κ2) is 5.52. The predicted octanol–water partition coefficient (Wildman–Crippen LogP) is -0.852. The molecular formula is C5H7N3O5. The van der Waals surface area contributed by atoms with Gasteiger partial charge in [0.2, 0.25) is 6.33 Å². The lowest BCUT2D eigenvalue weighted by atomic mass is 10.6. The Hall–Kier alpha value is -2.12. The highest BCUT2D eigenvalue weighted by atomic mass is 16.9. The predicted molar refractivity (Wildman–Crippen MR) is 39.0 cm³/mol. The van der Waals surface area contributed by atoms with Crippen molar-refractivity contribution in [2.75, 3.05) is 0 Å². The van der Waals surface area contributed by atoms with E-state index in [1.165, 1.54) is 0 Å². The van der Waals surface area contributed by atoms with Crippen molar-refractivity contribution in [1.82, 2.24) is 4.98 Å². The van der Waals surface area contributed by atoms with Crippen LogP contribution in [0.15, 0.2) is 18.7 Å². The van der Waals surface area contributed by atoms with Crippen LogP contribution in [-0.2, 0) is 11.3 Å². The van der Waals surface area contributed by atoms with Crippen molar-refractivity contribution in [3.8, 4) is 0 Å². The molecule has 13 heavy (non-hydrogen) atoms. The van der Waals surface area contributed by atoms with Gasteiger partial charge >= 0.3 is 5.97 Å². The Morgan fingerprint density at radius 2 is 2.15 bits per heavy atom. The molecular weight excluding hydrogens is 182 g/mol. The highest BCUT2D eigenvalue weighted by Crippen LogP contribution is 1.69. The molecule has 0 radical (unpaired) electrons. The Labute approximate surface area is 72.2 Å². The van der Waals surface area contributed by atoms with Gasteiger partial charge in [-0.05, 0) is 0 Å². The molecule has 1 heterocycles. The molecule has 0 saturated heterocycles. The summed E-state index contributed by atoms with van der Waals surface area (Å²) in [4.78, 5) is 21.0. The average Bonchev–Trinajstić information content (AvgIpc) is 2.36. The lowest BCUT2D eigenvalue weighted by Gasteiger charge is -1.84. The Balaban J connectivity index is 0.000000310. The SMILES string of the molecule is O=C(O)C[n+]1cc[nH]c1.O=[N+]([O-])[O-]. The number of carbonyl (C=O) groups is 1.